The first-order chi connectivity index (χ1) is 14.2. The molecule has 0 radical (unpaired) electrons. The monoisotopic (exact) mass is 407 g/mol. The van der Waals surface area contributed by atoms with Crippen molar-refractivity contribution in [2.75, 3.05) is 5.32 Å². The highest BCUT2D eigenvalue weighted by Crippen LogP contribution is 2.15. The van der Waals surface area contributed by atoms with Crippen LogP contribution in [0.3, 0.4) is 0 Å². The number of carbonyl (C=O) groups is 2. The van der Waals surface area contributed by atoms with Crippen LogP contribution >= 0.6 is 0 Å². The number of aryl methyl sites for hydroxylation is 2. The molecule has 1 N–H and O–H groups in total. The van der Waals surface area contributed by atoms with Gasteiger partial charge in [0.25, 0.3) is 11.5 Å². The highest BCUT2D eigenvalue weighted by atomic mass is 16.5. The third kappa shape index (κ3) is 4.20. The standard InChI is InChI=1S/C23H25N3O4/c1-14-11-15(2)13-18(12-14)23(29)30-17(4)21(27)24-20-16(3)25(5)26(22(20)28)19-9-7-6-8-10-19/h6-13,17H,1-5H3,(H,24,27)/t17-/m1/s1. The third-order valence-electron chi connectivity index (χ3n) is 4.91. The minimum atomic E-state index is -1.07. The number of nitrogens with zero attached hydrogens (tertiary/aromatic N) is 2. The van der Waals surface area contributed by atoms with Crippen LogP contribution in [-0.4, -0.2) is 27.3 Å². The molecule has 0 aliphatic carbocycles. The van der Waals surface area contributed by atoms with E-state index in [1.54, 1.807) is 42.9 Å². The van der Waals surface area contributed by atoms with Crippen LogP contribution in [0.25, 0.3) is 5.69 Å². The number of rotatable bonds is 5. The lowest BCUT2D eigenvalue weighted by molar-refractivity contribution is -0.123. The molecular formula is C23H25N3O4. The fourth-order valence-electron chi connectivity index (χ4n) is 3.31. The number of hydrogen-bond donors (Lipinski definition) is 1. The predicted molar refractivity (Wildman–Crippen MR) is 115 cm³/mol. The van der Waals surface area contributed by atoms with Gasteiger partial charge in [-0.05, 0) is 52.0 Å². The van der Waals surface area contributed by atoms with E-state index in [0.717, 1.165) is 11.1 Å². The Morgan fingerprint density at radius 2 is 1.60 bits per heavy atom. The van der Waals surface area contributed by atoms with E-state index in [2.05, 4.69) is 5.32 Å². The van der Waals surface area contributed by atoms with Gasteiger partial charge in [-0.15, -0.1) is 0 Å². The van der Waals surface area contributed by atoms with Gasteiger partial charge in [0, 0.05) is 7.05 Å². The fraction of sp³-hybridized carbons (Fsp3) is 0.261. The molecule has 1 amide bonds. The van der Waals surface area contributed by atoms with Crippen LogP contribution in [0.1, 0.15) is 34.1 Å². The second-order valence-corrected chi connectivity index (χ2v) is 7.35. The maximum Gasteiger partial charge on any atom is 0.338 e. The predicted octanol–water partition coefficient (Wildman–Crippen LogP) is 3.29. The van der Waals surface area contributed by atoms with Crippen molar-refractivity contribution < 1.29 is 14.3 Å². The van der Waals surface area contributed by atoms with Crippen molar-refractivity contribution >= 4 is 17.6 Å². The molecule has 1 atom stereocenters. The Morgan fingerprint density at radius 1 is 1.00 bits per heavy atom. The number of ether oxygens (including phenoxy) is 1. The van der Waals surface area contributed by atoms with Crippen molar-refractivity contribution in [1.29, 1.82) is 0 Å². The number of aromatic nitrogens is 2. The molecule has 0 fully saturated rings. The highest BCUT2D eigenvalue weighted by Gasteiger charge is 2.23. The SMILES string of the molecule is Cc1cc(C)cc(C(=O)O[C@H](C)C(=O)Nc2c(C)n(C)n(-c3ccccc3)c2=O)c1. The van der Waals surface area contributed by atoms with Gasteiger partial charge in [0.2, 0.25) is 0 Å². The maximum atomic E-state index is 12.9. The summed E-state index contributed by atoms with van der Waals surface area (Å²) in [5.41, 5.74) is 3.31. The molecule has 30 heavy (non-hydrogen) atoms. The number of benzene rings is 2. The quantitative estimate of drug-likeness (QED) is 0.658. The number of anilines is 1. The number of carbonyl (C=O) groups excluding carboxylic acids is 2. The van der Waals surface area contributed by atoms with E-state index >= 15 is 0 Å². The Hall–Kier alpha value is -3.61. The van der Waals surface area contributed by atoms with E-state index in [0.29, 0.717) is 16.9 Å². The Balaban J connectivity index is 1.79. The molecule has 0 saturated carbocycles. The maximum absolute atomic E-state index is 12.9. The van der Waals surface area contributed by atoms with Crippen LogP contribution in [0.5, 0.6) is 0 Å². The van der Waals surface area contributed by atoms with Gasteiger partial charge in [0.05, 0.1) is 16.9 Å². The zero-order valence-electron chi connectivity index (χ0n) is 17.7. The zero-order valence-corrected chi connectivity index (χ0v) is 17.7. The molecule has 0 spiro atoms. The fourth-order valence-corrected chi connectivity index (χ4v) is 3.31. The topological polar surface area (TPSA) is 82.3 Å². The molecular weight excluding hydrogens is 382 g/mol. The molecule has 3 rings (SSSR count). The third-order valence-corrected chi connectivity index (χ3v) is 4.91. The normalized spacial score (nSPS) is 11.8. The first kappa shape index (κ1) is 21.1. The molecule has 0 aliphatic heterocycles. The zero-order chi connectivity index (χ0) is 22.0. The molecule has 3 aromatic rings. The average molecular weight is 407 g/mol. The van der Waals surface area contributed by atoms with Crippen LogP contribution in [0.15, 0.2) is 53.3 Å². The van der Waals surface area contributed by atoms with Gasteiger partial charge in [-0.25, -0.2) is 9.48 Å². The summed E-state index contributed by atoms with van der Waals surface area (Å²) < 4.78 is 8.45. The summed E-state index contributed by atoms with van der Waals surface area (Å²) in [6.07, 6.45) is -1.07. The lowest BCUT2D eigenvalue weighted by Crippen LogP contribution is -2.32. The highest BCUT2D eigenvalue weighted by molar-refractivity contribution is 5.97. The molecule has 1 heterocycles. The molecule has 0 saturated heterocycles. The van der Waals surface area contributed by atoms with E-state index in [1.165, 1.54) is 11.6 Å². The lowest BCUT2D eigenvalue weighted by Gasteiger charge is -2.13. The van der Waals surface area contributed by atoms with E-state index < -0.39 is 18.0 Å². The molecule has 7 nitrogen and oxygen atoms in total. The molecule has 1 aromatic heterocycles. The molecule has 2 aromatic carbocycles. The van der Waals surface area contributed by atoms with Gasteiger partial charge in [0.1, 0.15) is 5.69 Å². The average Bonchev–Trinajstić information content (AvgIpc) is 2.91. The van der Waals surface area contributed by atoms with Crippen molar-refractivity contribution in [2.45, 2.75) is 33.8 Å². The van der Waals surface area contributed by atoms with E-state index in [4.69, 9.17) is 4.74 Å². The van der Waals surface area contributed by atoms with Gasteiger partial charge in [-0.3, -0.25) is 14.3 Å². The number of hydrogen-bond acceptors (Lipinski definition) is 4. The second-order valence-electron chi connectivity index (χ2n) is 7.35. The largest absolute Gasteiger partial charge is 0.449 e. The van der Waals surface area contributed by atoms with Crippen LogP contribution in [0, 0.1) is 20.8 Å². The van der Waals surface area contributed by atoms with Crippen molar-refractivity contribution in [2.24, 2.45) is 7.05 Å². The van der Waals surface area contributed by atoms with Gasteiger partial charge in [-0.1, -0.05) is 35.4 Å². The Kier molecular flexibility index (Phi) is 5.91. The Bertz CT molecular complexity index is 1140. The van der Waals surface area contributed by atoms with Crippen LogP contribution in [-0.2, 0) is 16.6 Å². The van der Waals surface area contributed by atoms with Crippen molar-refractivity contribution in [1.82, 2.24) is 9.36 Å². The second kappa shape index (κ2) is 8.41. The Morgan fingerprint density at radius 3 is 2.20 bits per heavy atom. The minimum absolute atomic E-state index is 0.153. The Labute approximate surface area is 174 Å². The summed E-state index contributed by atoms with van der Waals surface area (Å²) in [5.74, 6) is -1.16. The molecule has 156 valence electrons. The van der Waals surface area contributed by atoms with Crippen molar-refractivity contribution in [3.05, 3.63) is 81.3 Å². The van der Waals surface area contributed by atoms with E-state index in [1.807, 2.05) is 38.1 Å². The molecule has 0 unspecified atom stereocenters. The molecule has 0 bridgehead atoms. The van der Waals surface area contributed by atoms with Crippen LogP contribution in [0.4, 0.5) is 5.69 Å². The minimum Gasteiger partial charge on any atom is -0.449 e. The number of amides is 1. The summed E-state index contributed by atoms with van der Waals surface area (Å²) in [6, 6.07) is 14.5. The van der Waals surface area contributed by atoms with Crippen molar-refractivity contribution in [3.8, 4) is 5.69 Å². The van der Waals surface area contributed by atoms with Gasteiger partial charge >= 0.3 is 5.97 Å². The molecule has 0 aliphatic rings. The van der Waals surface area contributed by atoms with E-state index in [-0.39, 0.29) is 11.2 Å². The van der Waals surface area contributed by atoms with E-state index in [9.17, 15) is 14.4 Å². The molecule has 7 heteroatoms. The van der Waals surface area contributed by atoms with Crippen LogP contribution < -0.4 is 10.9 Å². The first-order valence-corrected chi connectivity index (χ1v) is 9.63. The summed E-state index contributed by atoms with van der Waals surface area (Å²) in [5, 5.41) is 2.62. The number of para-hydroxylation sites is 1. The number of esters is 1. The summed E-state index contributed by atoms with van der Waals surface area (Å²) in [4.78, 5) is 38.0. The van der Waals surface area contributed by atoms with Gasteiger partial charge in [0.15, 0.2) is 6.10 Å². The van der Waals surface area contributed by atoms with Gasteiger partial charge < -0.3 is 10.1 Å². The number of nitrogens with one attached hydrogen (secondary N) is 1. The smallest absolute Gasteiger partial charge is 0.338 e. The van der Waals surface area contributed by atoms with Crippen molar-refractivity contribution in [3.63, 3.8) is 0 Å². The van der Waals surface area contributed by atoms with Crippen LogP contribution in [0.2, 0.25) is 0 Å². The van der Waals surface area contributed by atoms with Gasteiger partial charge in [-0.2, -0.15) is 0 Å². The lowest BCUT2D eigenvalue weighted by atomic mass is 10.1. The summed E-state index contributed by atoms with van der Waals surface area (Å²) >= 11 is 0. The summed E-state index contributed by atoms with van der Waals surface area (Å²) in [6.45, 7) is 6.98. The first-order valence-electron chi connectivity index (χ1n) is 9.63. The summed E-state index contributed by atoms with van der Waals surface area (Å²) in [7, 11) is 1.74.